The van der Waals surface area contributed by atoms with Crippen molar-refractivity contribution in [2.75, 3.05) is 0 Å². The molecule has 0 saturated heterocycles. The number of hydrogen-bond acceptors (Lipinski definition) is 4. The van der Waals surface area contributed by atoms with Gasteiger partial charge >= 0.3 is 48.9 Å². The SMILES string of the molecule is O=C([O-])C(=O)[O-].[Ba+2].[Cl-].[NH4+]. The summed E-state index contributed by atoms with van der Waals surface area (Å²) in [5.41, 5.74) is 0. The van der Waals surface area contributed by atoms with E-state index in [0.717, 1.165) is 0 Å². The third-order valence-corrected chi connectivity index (χ3v) is 0.167. The zero-order valence-electron chi connectivity index (χ0n) is 4.72. The van der Waals surface area contributed by atoms with E-state index in [2.05, 4.69) is 0 Å². The normalized spacial score (nSPS) is 4.89. The minimum atomic E-state index is -2.19. The molecule has 0 aromatic carbocycles. The maximum Gasteiger partial charge on any atom is 2.00 e. The van der Waals surface area contributed by atoms with E-state index in [9.17, 15) is 0 Å². The maximum atomic E-state index is 8.93. The van der Waals surface area contributed by atoms with Gasteiger partial charge in [0.2, 0.25) is 0 Å². The van der Waals surface area contributed by atoms with Crippen molar-refractivity contribution >= 4 is 60.8 Å². The predicted octanol–water partition coefficient (Wildman–Crippen LogP) is -6.51. The van der Waals surface area contributed by atoms with Gasteiger partial charge < -0.3 is 38.4 Å². The molecule has 5 nitrogen and oxygen atoms in total. The number of rotatable bonds is 0. The number of carboxylic acids is 2. The van der Waals surface area contributed by atoms with Gasteiger partial charge in [0, 0.05) is 0 Å². The van der Waals surface area contributed by atoms with Crippen LogP contribution < -0.4 is 28.8 Å². The molecule has 0 saturated carbocycles. The van der Waals surface area contributed by atoms with Crippen molar-refractivity contribution in [3.05, 3.63) is 0 Å². The quantitative estimate of drug-likeness (QED) is 0.350. The minimum absolute atomic E-state index is 0. The number of hydrogen-bond donors (Lipinski definition) is 1. The van der Waals surface area contributed by atoms with Crippen LogP contribution in [0.4, 0.5) is 0 Å². The summed E-state index contributed by atoms with van der Waals surface area (Å²) >= 11 is 0. The van der Waals surface area contributed by atoms with Gasteiger partial charge in [-0.05, 0) is 0 Å². The van der Waals surface area contributed by atoms with Crippen molar-refractivity contribution in [3.8, 4) is 0 Å². The molecule has 0 aliphatic heterocycles. The summed E-state index contributed by atoms with van der Waals surface area (Å²) in [6.45, 7) is 0. The van der Waals surface area contributed by atoms with Crippen LogP contribution in [0.5, 0.6) is 0 Å². The average molecular weight is 279 g/mol. The van der Waals surface area contributed by atoms with Crippen molar-refractivity contribution in [2.45, 2.75) is 0 Å². The molecule has 0 bridgehead atoms. The molecule has 0 aliphatic rings. The summed E-state index contributed by atoms with van der Waals surface area (Å²) in [6, 6.07) is 0. The van der Waals surface area contributed by atoms with Crippen LogP contribution in [0, 0.1) is 0 Å². The van der Waals surface area contributed by atoms with E-state index in [1.807, 2.05) is 0 Å². The Kier molecular flexibility index (Phi) is 29.0. The molecule has 50 valence electrons. The summed E-state index contributed by atoms with van der Waals surface area (Å²) in [5.74, 6) is -4.37. The molecule has 0 aliphatic carbocycles. The third-order valence-electron chi connectivity index (χ3n) is 0.167. The Morgan fingerprint density at radius 3 is 1.11 bits per heavy atom. The molecule has 4 N–H and O–H groups in total. The van der Waals surface area contributed by atoms with Crippen LogP contribution in [0.15, 0.2) is 0 Å². The monoisotopic (exact) mass is 279 g/mol. The van der Waals surface area contributed by atoms with E-state index < -0.39 is 11.9 Å². The number of quaternary nitrogens is 1. The molecule has 0 atom stereocenters. The van der Waals surface area contributed by atoms with Crippen LogP contribution in [-0.2, 0) is 9.59 Å². The van der Waals surface area contributed by atoms with Gasteiger partial charge in [-0.1, -0.05) is 0 Å². The summed E-state index contributed by atoms with van der Waals surface area (Å²) in [7, 11) is 0. The summed E-state index contributed by atoms with van der Waals surface area (Å²) in [6.07, 6.45) is 0. The van der Waals surface area contributed by atoms with Crippen molar-refractivity contribution < 1.29 is 32.2 Å². The molecule has 0 heterocycles. The Labute approximate surface area is 97.9 Å². The first kappa shape index (κ1) is 22.6. The fraction of sp³-hybridized carbons (Fsp3) is 0. The number of carboxylic acid groups (broad SMARTS) is 2. The van der Waals surface area contributed by atoms with Gasteiger partial charge in [0.25, 0.3) is 0 Å². The topological polar surface area (TPSA) is 117 Å². The van der Waals surface area contributed by atoms with Crippen molar-refractivity contribution in [1.82, 2.24) is 6.15 Å². The molecule has 0 aromatic rings. The number of halogens is 1. The fourth-order valence-electron chi connectivity index (χ4n) is 0. The molecule has 7 heteroatoms. The van der Waals surface area contributed by atoms with Gasteiger partial charge in [0.15, 0.2) is 0 Å². The average Bonchev–Trinajstić information content (AvgIpc) is 1.36. The standard InChI is InChI=1S/C2H2O4.Ba.ClH.H3N/c3-1(4)2(5)6;;;/h(H,3,4)(H,5,6);;1H;1H3/q;+2;;/p-2. The van der Waals surface area contributed by atoms with E-state index in [4.69, 9.17) is 19.8 Å². The van der Waals surface area contributed by atoms with E-state index in [-0.39, 0.29) is 67.4 Å². The second kappa shape index (κ2) is 11.5. The number of carbonyl (C=O) groups excluding carboxylic acids is 2. The number of carbonyl (C=O) groups is 2. The summed E-state index contributed by atoms with van der Waals surface area (Å²) in [5, 5.41) is 17.9. The van der Waals surface area contributed by atoms with Crippen LogP contribution >= 0.6 is 0 Å². The van der Waals surface area contributed by atoms with Crippen molar-refractivity contribution in [2.24, 2.45) is 0 Å². The van der Waals surface area contributed by atoms with Gasteiger partial charge in [-0.2, -0.15) is 0 Å². The molecule has 0 fully saturated rings. The van der Waals surface area contributed by atoms with Crippen molar-refractivity contribution in [1.29, 1.82) is 0 Å². The third kappa shape index (κ3) is 17.7. The van der Waals surface area contributed by atoms with Gasteiger partial charge in [-0.15, -0.1) is 0 Å². The van der Waals surface area contributed by atoms with E-state index >= 15 is 0 Å². The molecule has 0 unspecified atom stereocenters. The Hall–Kier alpha value is 0.761. The molecule has 9 heavy (non-hydrogen) atoms. The smallest absolute Gasteiger partial charge is 1.00 e. The largest absolute Gasteiger partial charge is 2.00 e. The molecule has 0 aromatic heterocycles. The van der Waals surface area contributed by atoms with Gasteiger partial charge in [0.05, 0.1) is 11.9 Å². The molecular formula is C2H4BaClNO4. The molecule has 0 amide bonds. The first-order valence-corrected chi connectivity index (χ1v) is 1.07. The summed E-state index contributed by atoms with van der Waals surface area (Å²) in [4.78, 5) is 17.9. The van der Waals surface area contributed by atoms with Gasteiger partial charge in [0.1, 0.15) is 0 Å². The summed E-state index contributed by atoms with van der Waals surface area (Å²) < 4.78 is 0. The second-order valence-corrected chi connectivity index (χ2v) is 0.575. The second-order valence-electron chi connectivity index (χ2n) is 0.575. The van der Waals surface area contributed by atoms with Crippen molar-refractivity contribution in [3.63, 3.8) is 0 Å². The van der Waals surface area contributed by atoms with Crippen LogP contribution in [0.1, 0.15) is 0 Å². The molecule has 0 rings (SSSR count). The predicted molar refractivity (Wildman–Crippen MR) is 21.8 cm³/mol. The molecular weight excluding hydrogens is 275 g/mol. The Morgan fingerprint density at radius 1 is 1.00 bits per heavy atom. The van der Waals surface area contributed by atoms with Gasteiger partial charge in [-0.25, -0.2) is 0 Å². The molecule has 0 spiro atoms. The van der Waals surface area contributed by atoms with Gasteiger partial charge in [-0.3, -0.25) is 0 Å². The zero-order chi connectivity index (χ0) is 5.15. The van der Waals surface area contributed by atoms with Crippen LogP contribution in [0.2, 0.25) is 0 Å². The van der Waals surface area contributed by atoms with Crippen LogP contribution in [0.25, 0.3) is 0 Å². The first-order valence-electron chi connectivity index (χ1n) is 1.07. The van der Waals surface area contributed by atoms with Crippen LogP contribution in [-0.4, -0.2) is 60.8 Å². The number of aliphatic carboxylic acids is 2. The van der Waals surface area contributed by atoms with E-state index in [0.29, 0.717) is 0 Å². The zero-order valence-corrected chi connectivity index (χ0v) is 9.91. The van der Waals surface area contributed by atoms with E-state index in [1.165, 1.54) is 0 Å². The van der Waals surface area contributed by atoms with Crippen LogP contribution in [0.3, 0.4) is 0 Å². The Bertz CT molecular complexity index is 84.6. The maximum absolute atomic E-state index is 8.93. The molecule has 0 radical (unpaired) electrons. The van der Waals surface area contributed by atoms with E-state index in [1.54, 1.807) is 0 Å². The first-order chi connectivity index (χ1) is 2.64. The Balaban J connectivity index is -0.0000000417. The Morgan fingerprint density at radius 2 is 1.11 bits per heavy atom. The fourth-order valence-corrected chi connectivity index (χ4v) is 0. The minimum Gasteiger partial charge on any atom is -1.00 e.